The Morgan fingerprint density at radius 2 is 2.27 bits per heavy atom. The van der Waals surface area contributed by atoms with E-state index >= 15 is 0 Å². The van der Waals surface area contributed by atoms with Gasteiger partial charge < -0.3 is 4.42 Å². The van der Waals surface area contributed by atoms with Gasteiger partial charge in [-0.25, -0.2) is 4.98 Å². The smallest absolute Gasteiger partial charge is 0.263 e. The molecule has 0 N–H and O–H groups in total. The molecule has 3 aromatic rings. The predicted molar refractivity (Wildman–Crippen MR) is 104 cm³/mol. The molecule has 1 aliphatic carbocycles. The summed E-state index contributed by atoms with van der Waals surface area (Å²) in [7, 11) is 0. The molecule has 4 rings (SSSR count). The van der Waals surface area contributed by atoms with Crippen LogP contribution in [0.1, 0.15) is 41.9 Å². The van der Waals surface area contributed by atoms with Crippen LogP contribution in [0.3, 0.4) is 0 Å². The lowest BCUT2D eigenvalue weighted by Crippen LogP contribution is -2.24. The van der Waals surface area contributed by atoms with Crippen molar-refractivity contribution in [1.82, 2.24) is 9.55 Å². The van der Waals surface area contributed by atoms with E-state index in [-0.39, 0.29) is 5.56 Å². The molecule has 0 unspecified atom stereocenters. The van der Waals surface area contributed by atoms with E-state index < -0.39 is 0 Å². The molecule has 3 aromatic heterocycles. The maximum absolute atomic E-state index is 13.3. The van der Waals surface area contributed by atoms with Crippen LogP contribution in [0.2, 0.25) is 0 Å². The molecule has 0 amide bonds. The standard InChI is InChI=1S/C19H19N3O2S2/c20-9-3-4-11-25-19-21-17-16(14-7-1-2-8-15(14)26-17)18(23)22(19)12-13-6-5-10-24-13/h5-6,10H,1-4,7-8,11-12H2. The van der Waals surface area contributed by atoms with Crippen LogP contribution in [-0.2, 0) is 19.4 Å². The highest BCUT2D eigenvalue weighted by Gasteiger charge is 2.22. The molecule has 0 fully saturated rings. The second-order valence-corrected chi connectivity index (χ2v) is 8.51. The van der Waals surface area contributed by atoms with Crippen molar-refractivity contribution in [2.45, 2.75) is 50.2 Å². The summed E-state index contributed by atoms with van der Waals surface area (Å²) in [6.45, 7) is 0.389. The Bertz CT molecular complexity index is 1010. The first-order valence-corrected chi connectivity index (χ1v) is 10.7. The highest BCUT2D eigenvalue weighted by molar-refractivity contribution is 7.99. The number of fused-ring (bicyclic) bond motifs is 3. The minimum Gasteiger partial charge on any atom is -0.467 e. The number of nitriles is 1. The first-order chi connectivity index (χ1) is 12.8. The molecule has 5 nitrogen and oxygen atoms in total. The maximum atomic E-state index is 13.3. The highest BCUT2D eigenvalue weighted by atomic mass is 32.2. The molecule has 3 heterocycles. The van der Waals surface area contributed by atoms with E-state index in [9.17, 15) is 4.79 Å². The summed E-state index contributed by atoms with van der Waals surface area (Å²) in [4.78, 5) is 20.3. The molecule has 26 heavy (non-hydrogen) atoms. The van der Waals surface area contributed by atoms with Crippen molar-refractivity contribution < 1.29 is 4.42 Å². The summed E-state index contributed by atoms with van der Waals surface area (Å²) >= 11 is 3.22. The average molecular weight is 386 g/mol. The van der Waals surface area contributed by atoms with Crippen molar-refractivity contribution >= 4 is 33.3 Å². The Labute approximate surface area is 159 Å². The zero-order valence-corrected chi connectivity index (χ0v) is 16.0. The zero-order valence-electron chi connectivity index (χ0n) is 14.4. The van der Waals surface area contributed by atoms with Crippen LogP contribution in [0.15, 0.2) is 32.8 Å². The van der Waals surface area contributed by atoms with Crippen LogP contribution >= 0.6 is 23.1 Å². The SMILES string of the molecule is N#CCCCSc1nc2sc3c(c2c(=O)n1Cc1ccco1)CCCC3. The van der Waals surface area contributed by atoms with Crippen molar-refractivity contribution in [2.75, 3.05) is 5.75 Å². The van der Waals surface area contributed by atoms with E-state index in [0.717, 1.165) is 52.6 Å². The Kier molecular flexibility index (Phi) is 5.14. The quantitative estimate of drug-likeness (QED) is 0.358. The summed E-state index contributed by atoms with van der Waals surface area (Å²) in [5.41, 5.74) is 1.25. The first kappa shape index (κ1) is 17.4. The summed E-state index contributed by atoms with van der Waals surface area (Å²) in [5, 5.41) is 10.2. The van der Waals surface area contributed by atoms with Gasteiger partial charge in [0.15, 0.2) is 5.16 Å². The Morgan fingerprint density at radius 3 is 3.08 bits per heavy atom. The molecule has 0 saturated carbocycles. The molecule has 134 valence electrons. The van der Waals surface area contributed by atoms with E-state index in [1.54, 1.807) is 33.9 Å². The number of aromatic nitrogens is 2. The summed E-state index contributed by atoms with van der Waals surface area (Å²) in [5.74, 6) is 1.52. The normalized spacial score (nSPS) is 13.7. The van der Waals surface area contributed by atoms with Crippen molar-refractivity contribution in [2.24, 2.45) is 0 Å². The van der Waals surface area contributed by atoms with Gasteiger partial charge in [0.05, 0.1) is 24.3 Å². The summed E-state index contributed by atoms with van der Waals surface area (Å²) in [6, 6.07) is 5.87. The molecule has 7 heteroatoms. The number of furan rings is 1. The number of rotatable bonds is 6. The van der Waals surface area contributed by atoms with Gasteiger partial charge in [0.25, 0.3) is 5.56 Å². The van der Waals surface area contributed by atoms with Crippen LogP contribution < -0.4 is 5.56 Å². The van der Waals surface area contributed by atoms with E-state index in [1.165, 1.54) is 16.9 Å². The van der Waals surface area contributed by atoms with Gasteiger partial charge >= 0.3 is 0 Å². The van der Waals surface area contributed by atoms with Gasteiger partial charge in [-0.15, -0.1) is 11.3 Å². The third-order valence-corrected chi connectivity index (χ3v) is 6.85. The average Bonchev–Trinajstić information content (AvgIpc) is 3.28. The minimum absolute atomic E-state index is 0.0357. The molecule has 0 aromatic carbocycles. The Hall–Kier alpha value is -2.04. The third-order valence-electron chi connectivity index (χ3n) is 4.60. The third kappa shape index (κ3) is 3.31. The van der Waals surface area contributed by atoms with Gasteiger partial charge in [0.1, 0.15) is 10.6 Å². The number of thioether (sulfide) groups is 1. The lowest BCUT2D eigenvalue weighted by atomic mass is 9.97. The van der Waals surface area contributed by atoms with E-state index in [1.807, 2.05) is 12.1 Å². The molecular formula is C19H19N3O2S2. The summed E-state index contributed by atoms with van der Waals surface area (Å²) in [6.07, 6.45) is 7.29. The van der Waals surface area contributed by atoms with Gasteiger partial charge in [0, 0.05) is 17.1 Å². The fourth-order valence-electron chi connectivity index (χ4n) is 3.34. The molecule has 1 aliphatic rings. The number of aryl methyl sites for hydroxylation is 2. The van der Waals surface area contributed by atoms with Crippen LogP contribution in [0.5, 0.6) is 0 Å². The van der Waals surface area contributed by atoms with Gasteiger partial charge in [-0.05, 0) is 49.8 Å². The fourth-order valence-corrected chi connectivity index (χ4v) is 5.58. The monoisotopic (exact) mass is 385 g/mol. The largest absolute Gasteiger partial charge is 0.467 e. The molecule has 0 spiro atoms. The van der Waals surface area contributed by atoms with Gasteiger partial charge in [-0.2, -0.15) is 5.26 Å². The van der Waals surface area contributed by atoms with Gasteiger partial charge in [0.2, 0.25) is 0 Å². The van der Waals surface area contributed by atoms with Crippen molar-refractivity contribution in [3.63, 3.8) is 0 Å². The number of unbranched alkanes of at least 4 members (excludes halogenated alkanes) is 1. The van der Waals surface area contributed by atoms with Crippen molar-refractivity contribution in [3.05, 3.63) is 45.0 Å². The van der Waals surface area contributed by atoms with Gasteiger partial charge in [-0.3, -0.25) is 9.36 Å². The van der Waals surface area contributed by atoms with Crippen LogP contribution in [0.4, 0.5) is 0 Å². The number of nitrogens with zero attached hydrogens (tertiary/aromatic N) is 3. The molecule has 0 bridgehead atoms. The van der Waals surface area contributed by atoms with Crippen molar-refractivity contribution in [1.29, 1.82) is 5.26 Å². The molecule has 0 radical (unpaired) electrons. The number of hydrogen-bond donors (Lipinski definition) is 0. The summed E-state index contributed by atoms with van der Waals surface area (Å²) < 4.78 is 7.20. The second kappa shape index (κ2) is 7.68. The van der Waals surface area contributed by atoms with Crippen molar-refractivity contribution in [3.8, 4) is 6.07 Å². The minimum atomic E-state index is 0.0357. The Morgan fingerprint density at radius 1 is 1.38 bits per heavy atom. The lowest BCUT2D eigenvalue weighted by molar-refractivity contribution is 0.476. The van der Waals surface area contributed by atoms with E-state index in [2.05, 4.69) is 6.07 Å². The topological polar surface area (TPSA) is 71.8 Å². The van der Waals surface area contributed by atoms with Crippen LogP contribution in [0.25, 0.3) is 10.2 Å². The van der Waals surface area contributed by atoms with Crippen LogP contribution in [-0.4, -0.2) is 15.3 Å². The number of hydrogen-bond acceptors (Lipinski definition) is 6. The first-order valence-electron chi connectivity index (χ1n) is 8.85. The van der Waals surface area contributed by atoms with E-state index in [0.29, 0.717) is 13.0 Å². The molecule has 0 aliphatic heterocycles. The maximum Gasteiger partial charge on any atom is 0.263 e. The lowest BCUT2D eigenvalue weighted by Gasteiger charge is -2.12. The van der Waals surface area contributed by atoms with Crippen LogP contribution in [0, 0.1) is 11.3 Å². The predicted octanol–water partition coefficient (Wildman–Crippen LogP) is 4.37. The van der Waals surface area contributed by atoms with E-state index in [4.69, 9.17) is 14.7 Å². The van der Waals surface area contributed by atoms with Gasteiger partial charge in [-0.1, -0.05) is 11.8 Å². The second-order valence-electron chi connectivity index (χ2n) is 6.37. The highest BCUT2D eigenvalue weighted by Crippen LogP contribution is 2.34. The zero-order chi connectivity index (χ0) is 17.9. The molecule has 0 atom stereocenters. The Balaban J connectivity index is 1.79. The fraction of sp³-hybridized carbons (Fsp3) is 0.421. The molecule has 0 saturated heterocycles. The molecular weight excluding hydrogens is 366 g/mol. The number of thiophene rings is 1.